The SMILES string of the molecule is NC(=S)c1ccc(OCCN(CCO)C2CCCC2)cc1. The first-order valence-electron chi connectivity index (χ1n) is 7.58. The van der Waals surface area contributed by atoms with Crippen LogP contribution < -0.4 is 10.5 Å². The highest BCUT2D eigenvalue weighted by Crippen LogP contribution is 2.23. The van der Waals surface area contributed by atoms with Crippen molar-refractivity contribution >= 4 is 17.2 Å². The minimum absolute atomic E-state index is 0.207. The van der Waals surface area contributed by atoms with Crippen LogP contribution in [0.15, 0.2) is 24.3 Å². The Bertz CT molecular complexity index is 444. The van der Waals surface area contributed by atoms with E-state index in [1.165, 1.54) is 25.7 Å². The van der Waals surface area contributed by atoms with Crippen LogP contribution in [-0.2, 0) is 0 Å². The van der Waals surface area contributed by atoms with Crippen molar-refractivity contribution in [3.05, 3.63) is 29.8 Å². The third-order valence-electron chi connectivity index (χ3n) is 4.01. The van der Waals surface area contributed by atoms with E-state index in [2.05, 4.69) is 4.90 Å². The molecule has 1 fully saturated rings. The van der Waals surface area contributed by atoms with Gasteiger partial charge >= 0.3 is 0 Å². The van der Waals surface area contributed by atoms with E-state index in [4.69, 9.17) is 22.7 Å². The summed E-state index contributed by atoms with van der Waals surface area (Å²) in [6.07, 6.45) is 5.08. The van der Waals surface area contributed by atoms with Crippen LogP contribution in [0.2, 0.25) is 0 Å². The Morgan fingerprint density at radius 1 is 1.24 bits per heavy atom. The predicted octanol–water partition coefficient (Wildman–Crippen LogP) is 1.94. The van der Waals surface area contributed by atoms with Crippen LogP contribution in [0.4, 0.5) is 0 Å². The first-order valence-corrected chi connectivity index (χ1v) is 7.99. The molecule has 0 spiro atoms. The first kappa shape index (κ1) is 16.2. The predicted molar refractivity (Wildman–Crippen MR) is 88.7 cm³/mol. The smallest absolute Gasteiger partial charge is 0.119 e. The maximum absolute atomic E-state index is 9.19. The average Bonchev–Trinajstić information content (AvgIpc) is 3.01. The zero-order valence-electron chi connectivity index (χ0n) is 12.3. The van der Waals surface area contributed by atoms with Gasteiger partial charge in [0, 0.05) is 24.7 Å². The summed E-state index contributed by atoms with van der Waals surface area (Å²) in [5.41, 5.74) is 6.42. The van der Waals surface area contributed by atoms with Crippen molar-refractivity contribution in [2.24, 2.45) is 5.73 Å². The number of aliphatic hydroxyl groups is 1. The van der Waals surface area contributed by atoms with Crippen molar-refractivity contribution in [1.82, 2.24) is 4.90 Å². The molecule has 116 valence electrons. The zero-order valence-corrected chi connectivity index (χ0v) is 13.1. The Hall–Kier alpha value is -1.17. The molecule has 0 atom stereocenters. The lowest BCUT2D eigenvalue weighted by atomic mass is 10.2. The van der Waals surface area contributed by atoms with Crippen molar-refractivity contribution < 1.29 is 9.84 Å². The van der Waals surface area contributed by atoms with Crippen molar-refractivity contribution in [1.29, 1.82) is 0 Å². The molecule has 5 heteroatoms. The number of aliphatic hydroxyl groups excluding tert-OH is 1. The van der Waals surface area contributed by atoms with Crippen molar-refractivity contribution in [3.63, 3.8) is 0 Å². The van der Waals surface area contributed by atoms with Crippen molar-refractivity contribution in [2.75, 3.05) is 26.3 Å². The topological polar surface area (TPSA) is 58.7 Å². The van der Waals surface area contributed by atoms with Gasteiger partial charge in [-0.05, 0) is 37.1 Å². The van der Waals surface area contributed by atoms with Gasteiger partial charge < -0.3 is 15.6 Å². The number of ether oxygens (including phenoxy) is 1. The van der Waals surface area contributed by atoms with Crippen LogP contribution >= 0.6 is 12.2 Å². The van der Waals surface area contributed by atoms with Crippen LogP contribution in [0.1, 0.15) is 31.2 Å². The number of hydrogen-bond acceptors (Lipinski definition) is 4. The average molecular weight is 308 g/mol. The monoisotopic (exact) mass is 308 g/mol. The van der Waals surface area contributed by atoms with Gasteiger partial charge in [-0.25, -0.2) is 0 Å². The second-order valence-corrected chi connectivity index (χ2v) is 5.87. The second-order valence-electron chi connectivity index (χ2n) is 5.43. The minimum Gasteiger partial charge on any atom is -0.492 e. The van der Waals surface area contributed by atoms with Gasteiger partial charge in [-0.15, -0.1) is 0 Å². The maximum Gasteiger partial charge on any atom is 0.119 e. The highest BCUT2D eigenvalue weighted by Gasteiger charge is 2.21. The van der Waals surface area contributed by atoms with Crippen molar-refractivity contribution in [2.45, 2.75) is 31.7 Å². The summed E-state index contributed by atoms with van der Waals surface area (Å²) in [5.74, 6) is 0.824. The Morgan fingerprint density at radius 3 is 2.48 bits per heavy atom. The van der Waals surface area contributed by atoms with Gasteiger partial charge in [-0.1, -0.05) is 25.1 Å². The van der Waals surface area contributed by atoms with Crippen LogP contribution in [0.3, 0.4) is 0 Å². The quantitative estimate of drug-likeness (QED) is 0.719. The molecular formula is C16H24N2O2S. The third kappa shape index (κ3) is 4.95. The van der Waals surface area contributed by atoms with Gasteiger partial charge in [-0.3, -0.25) is 4.90 Å². The van der Waals surface area contributed by atoms with E-state index in [0.717, 1.165) is 24.4 Å². The minimum atomic E-state index is 0.207. The molecule has 2 rings (SSSR count). The highest BCUT2D eigenvalue weighted by atomic mass is 32.1. The molecule has 0 heterocycles. The summed E-state index contributed by atoms with van der Waals surface area (Å²) in [4.78, 5) is 2.74. The molecule has 0 aromatic heterocycles. The van der Waals surface area contributed by atoms with Crippen LogP contribution in [0.25, 0.3) is 0 Å². The Morgan fingerprint density at radius 2 is 1.90 bits per heavy atom. The molecule has 4 nitrogen and oxygen atoms in total. The summed E-state index contributed by atoms with van der Waals surface area (Å²) in [5, 5.41) is 9.19. The van der Waals surface area contributed by atoms with Crippen LogP contribution in [0, 0.1) is 0 Å². The van der Waals surface area contributed by atoms with Gasteiger partial charge in [0.15, 0.2) is 0 Å². The fourth-order valence-electron chi connectivity index (χ4n) is 2.87. The fraction of sp³-hybridized carbons (Fsp3) is 0.562. The van der Waals surface area contributed by atoms with Gasteiger partial charge in [0.1, 0.15) is 17.3 Å². The zero-order chi connectivity index (χ0) is 15.1. The molecular weight excluding hydrogens is 284 g/mol. The first-order chi connectivity index (χ1) is 10.2. The molecule has 0 bridgehead atoms. The standard InChI is InChI=1S/C16H24N2O2S/c17-16(21)13-5-7-15(8-6-13)20-12-10-18(9-11-19)14-3-1-2-4-14/h5-8,14,19H,1-4,9-12H2,(H2,17,21). The number of rotatable bonds is 8. The molecule has 0 unspecified atom stereocenters. The van der Waals surface area contributed by atoms with Crippen LogP contribution in [0.5, 0.6) is 5.75 Å². The fourth-order valence-corrected chi connectivity index (χ4v) is 3.01. The molecule has 21 heavy (non-hydrogen) atoms. The number of nitrogens with zero attached hydrogens (tertiary/aromatic N) is 1. The van der Waals surface area contributed by atoms with E-state index >= 15 is 0 Å². The van der Waals surface area contributed by atoms with Gasteiger partial charge in [0.2, 0.25) is 0 Å². The molecule has 0 radical (unpaired) electrons. The largest absolute Gasteiger partial charge is 0.492 e. The van der Waals surface area contributed by atoms with Gasteiger partial charge in [-0.2, -0.15) is 0 Å². The maximum atomic E-state index is 9.19. The molecule has 1 aromatic rings. The summed E-state index contributed by atoms with van der Waals surface area (Å²) in [7, 11) is 0. The summed E-state index contributed by atoms with van der Waals surface area (Å²) < 4.78 is 5.77. The summed E-state index contributed by atoms with van der Waals surface area (Å²) in [6.45, 7) is 2.42. The molecule has 1 aliphatic carbocycles. The molecule has 0 saturated heterocycles. The third-order valence-corrected chi connectivity index (χ3v) is 4.25. The lowest BCUT2D eigenvalue weighted by Gasteiger charge is -2.27. The summed E-state index contributed by atoms with van der Waals surface area (Å²) >= 11 is 4.92. The molecule has 1 saturated carbocycles. The molecule has 0 amide bonds. The second kappa shape index (κ2) is 8.32. The van der Waals surface area contributed by atoms with E-state index in [-0.39, 0.29) is 6.61 Å². The van der Waals surface area contributed by atoms with E-state index in [0.29, 0.717) is 17.6 Å². The lowest BCUT2D eigenvalue weighted by molar-refractivity contribution is 0.129. The van der Waals surface area contributed by atoms with E-state index in [1.54, 1.807) is 0 Å². The van der Waals surface area contributed by atoms with Crippen molar-refractivity contribution in [3.8, 4) is 5.75 Å². The highest BCUT2D eigenvalue weighted by molar-refractivity contribution is 7.80. The number of thiocarbonyl (C=S) groups is 1. The molecule has 1 aromatic carbocycles. The van der Waals surface area contributed by atoms with Crippen LogP contribution in [-0.4, -0.2) is 47.3 Å². The molecule has 3 N–H and O–H groups in total. The van der Waals surface area contributed by atoms with E-state index < -0.39 is 0 Å². The molecule has 1 aliphatic rings. The Balaban J connectivity index is 1.79. The van der Waals surface area contributed by atoms with E-state index in [1.807, 2.05) is 24.3 Å². The Labute approximate surface area is 131 Å². The lowest BCUT2D eigenvalue weighted by Crippen LogP contribution is -2.38. The number of nitrogens with two attached hydrogens (primary N) is 1. The van der Waals surface area contributed by atoms with Gasteiger partial charge in [0.25, 0.3) is 0 Å². The number of benzene rings is 1. The number of hydrogen-bond donors (Lipinski definition) is 2. The normalized spacial score (nSPS) is 15.5. The Kier molecular flexibility index (Phi) is 6.42. The van der Waals surface area contributed by atoms with Gasteiger partial charge in [0.05, 0.1) is 6.61 Å². The summed E-state index contributed by atoms with van der Waals surface area (Å²) in [6, 6.07) is 8.14. The molecule has 0 aliphatic heterocycles. The van der Waals surface area contributed by atoms with E-state index in [9.17, 15) is 5.11 Å².